The van der Waals surface area contributed by atoms with Crippen LogP contribution in [0.15, 0.2) is 78.9 Å². The van der Waals surface area contributed by atoms with Crippen LogP contribution in [0.3, 0.4) is 0 Å². The van der Waals surface area contributed by atoms with Gasteiger partial charge < -0.3 is 22.5 Å². The summed E-state index contributed by atoms with van der Waals surface area (Å²) in [6, 6.07) is 26.8. The second-order valence-corrected chi connectivity index (χ2v) is 7.58. The highest BCUT2D eigenvalue weighted by atomic mass is 35.5. The maximum Gasteiger partial charge on any atom is 0.345 e. The number of aromatic nitrogens is 2. The Hall–Kier alpha value is -2.89. The van der Waals surface area contributed by atoms with Gasteiger partial charge in [0.05, 0.1) is 12.7 Å². The number of hydrogen-bond donors (Lipinski definition) is 1. The third-order valence-corrected chi connectivity index (χ3v) is 5.35. The number of ether oxygens (including phenoxy) is 1. The summed E-state index contributed by atoms with van der Waals surface area (Å²) in [6.07, 6.45) is 0. The lowest BCUT2D eigenvalue weighted by Crippen LogP contribution is -3.00. The van der Waals surface area contributed by atoms with Crippen molar-refractivity contribution in [2.75, 3.05) is 12.4 Å². The summed E-state index contributed by atoms with van der Waals surface area (Å²) in [5, 5.41) is 4.27. The standard InChI is InChI=1S/C23H21N3OS.ClH/c1-17-8-10-19(11-9-17)22-25-23(24-20-12-14-21(27-2)15-13-20)28-26(22)16-18-6-4-3-5-7-18;/h3-15H,16H2,1-2H3;1H. The number of rotatable bonds is 6. The van der Waals surface area contributed by atoms with Crippen LogP contribution in [0.1, 0.15) is 11.1 Å². The van der Waals surface area contributed by atoms with Gasteiger partial charge in [-0.05, 0) is 53.9 Å². The van der Waals surface area contributed by atoms with Crippen molar-refractivity contribution < 1.29 is 21.1 Å². The molecule has 0 amide bonds. The zero-order valence-electron chi connectivity index (χ0n) is 16.3. The first-order chi connectivity index (χ1) is 13.7. The minimum absolute atomic E-state index is 0. The zero-order valence-corrected chi connectivity index (χ0v) is 17.9. The van der Waals surface area contributed by atoms with Gasteiger partial charge in [-0.2, -0.15) is 3.96 Å². The molecule has 0 saturated heterocycles. The molecule has 4 rings (SSSR count). The molecule has 0 aliphatic heterocycles. The molecular weight excluding hydrogens is 402 g/mol. The summed E-state index contributed by atoms with van der Waals surface area (Å²) in [4.78, 5) is 4.88. The van der Waals surface area contributed by atoms with Crippen LogP contribution in [0.2, 0.25) is 0 Å². The Morgan fingerprint density at radius 2 is 1.62 bits per heavy atom. The summed E-state index contributed by atoms with van der Waals surface area (Å²) < 4.78 is 7.46. The van der Waals surface area contributed by atoms with E-state index in [1.807, 2.05) is 30.3 Å². The van der Waals surface area contributed by atoms with E-state index in [2.05, 4.69) is 64.7 Å². The maximum absolute atomic E-state index is 5.23. The molecule has 1 heterocycles. The van der Waals surface area contributed by atoms with E-state index in [4.69, 9.17) is 9.72 Å². The number of anilines is 2. The van der Waals surface area contributed by atoms with Crippen molar-refractivity contribution in [3.63, 3.8) is 0 Å². The molecule has 0 aliphatic carbocycles. The van der Waals surface area contributed by atoms with Crippen LogP contribution >= 0.6 is 11.5 Å². The Balaban J connectivity index is 0.00000240. The van der Waals surface area contributed by atoms with Gasteiger partial charge in [-0.3, -0.25) is 0 Å². The van der Waals surface area contributed by atoms with Crippen LogP contribution in [0.25, 0.3) is 11.4 Å². The average Bonchev–Trinajstić information content (AvgIpc) is 3.12. The lowest BCUT2D eigenvalue weighted by atomic mass is 10.1. The molecule has 0 bridgehead atoms. The van der Waals surface area contributed by atoms with E-state index in [1.165, 1.54) is 11.1 Å². The normalized spacial score (nSPS) is 10.3. The summed E-state index contributed by atoms with van der Waals surface area (Å²) in [5.41, 5.74) is 4.59. The van der Waals surface area contributed by atoms with Crippen LogP contribution < -0.4 is 26.4 Å². The van der Waals surface area contributed by atoms with Crippen molar-refractivity contribution in [1.82, 2.24) is 4.98 Å². The lowest BCUT2D eigenvalue weighted by molar-refractivity contribution is -0.610. The Bertz CT molecular complexity index is 1050. The Labute approximate surface area is 181 Å². The fourth-order valence-electron chi connectivity index (χ4n) is 2.94. The van der Waals surface area contributed by atoms with Gasteiger partial charge in [0, 0.05) is 5.69 Å². The average molecular weight is 424 g/mol. The largest absolute Gasteiger partial charge is 1.00 e. The molecule has 1 aromatic heterocycles. The predicted octanol–water partition coefficient (Wildman–Crippen LogP) is 2.21. The molecule has 0 aliphatic rings. The molecule has 0 atom stereocenters. The third kappa shape index (κ3) is 5.13. The van der Waals surface area contributed by atoms with Crippen molar-refractivity contribution in [3.8, 4) is 17.1 Å². The number of halogens is 1. The fraction of sp³-hybridized carbons (Fsp3) is 0.130. The van der Waals surface area contributed by atoms with Crippen LogP contribution in [0, 0.1) is 6.92 Å². The molecule has 6 heteroatoms. The van der Waals surface area contributed by atoms with E-state index in [9.17, 15) is 0 Å². The fourth-order valence-corrected chi connectivity index (χ4v) is 3.88. The van der Waals surface area contributed by atoms with E-state index in [0.29, 0.717) is 0 Å². The van der Waals surface area contributed by atoms with E-state index >= 15 is 0 Å². The molecular formula is C23H22ClN3OS. The zero-order chi connectivity index (χ0) is 19.3. The molecule has 3 aromatic carbocycles. The van der Waals surface area contributed by atoms with Crippen LogP contribution in [0.5, 0.6) is 5.75 Å². The molecule has 0 spiro atoms. The molecule has 0 radical (unpaired) electrons. The van der Waals surface area contributed by atoms with Crippen molar-refractivity contribution >= 4 is 22.4 Å². The Kier molecular flexibility index (Phi) is 6.86. The number of methoxy groups -OCH3 is 1. The number of aryl methyl sites for hydroxylation is 1. The smallest absolute Gasteiger partial charge is 0.345 e. The van der Waals surface area contributed by atoms with Crippen LogP contribution in [0.4, 0.5) is 10.8 Å². The molecule has 4 aromatic rings. The number of nitrogens with zero attached hydrogens (tertiary/aromatic N) is 2. The maximum atomic E-state index is 5.23. The summed E-state index contributed by atoms with van der Waals surface area (Å²) in [7, 11) is 1.67. The molecule has 148 valence electrons. The van der Waals surface area contributed by atoms with Crippen molar-refractivity contribution in [3.05, 3.63) is 90.0 Å². The van der Waals surface area contributed by atoms with Crippen molar-refractivity contribution in [2.45, 2.75) is 13.5 Å². The second-order valence-electron chi connectivity index (χ2n) is 6.57. The van der Waals surface area contributed by atoms with Gasteiger partial charge in [-0.1, -0.05) is 48.0 Å². The van der Waals surface area contributed by atoms with E-state index < -0.39 is 0 Å². The quantitative estimate of drug-likeness (QED) is 0.483. The molecule has 1 N–H and O–H groups in total. The SMILES string of the molecule is COc1ccc(Nc2nc(-c3ccc(C)cc3)[n+](Cc3ccccc3)s2)cc1.[Cl-]. The van der Waals surface area contributed by atoms with E-state index in [1.54, 1.807) is 18.6 Å². The van der Waals surface area contributed by atoms with Crippen molar-refractivity contribution in [2.24, 2.45) is 0 Å². The summed E-state index contributed by atoms with van der Waals surface area (Å²) in [5.74, 6) is 1.80. The van der Waals surface area contributed by atoms with Crippen molar-refractivity contribution in [1.29, 1.82) is 0 Å². The van der Waals surface area contributed by atoms with Gasteiger partial charge in [0.15, 0.2) is 0 Å². The van der Waals surface area contributed by atoms with Crippen LogP contribution in [-0.2, 0) is 6.54 Å². The number of benzene rings is 3. The predicted molar refractivity (Wildman–Crippen MR) is 114 cm³/mol. The molecule has 0 saturated carbocycles. The van der Waals surface area contributed by atoms with Gasteiger partial charge >= 0.3 is 11.0 Å². The summed E-state index contributed by atoms with van der Waals surface area (Å²) >= 11 is 1.62. The summed E-state index contributed by atoms with van der Waals surface area (Å²) in [6.45, 7) is 2.88. The van der Waals surface area contributed by atoms with Gasteiger partial charge in [0.1, 0.15) is 23.8 Å². The highest BCUT2D eigenvalue weighted by molar-refractivity contribution is 7.06. The lowest BCUT2D eigenvalue weighted by Gasteiger charge is -2.01. The van der Waals surface area contributed by atoms with Crippen LogP contribution in [-0.4, -0.2) is 12.1 Å². The highest BCUT2D eigenvalue weighted by Crippen LogP contribution is 2.24. The first kappa shape index (κ1) is 20.8. The van der Waals surface area contributed by atoms with Gasteiger partial charge in [0.25, 0.3) is 0 Å². The monoisotopic (exact) mass is 423 g/mol. The van der Waals surface area contributed by atoms with E-state index in [-0.39, 0.29) is 12.4 Å². The van der Waals surface area contributed by atoms with E-state index in [0.717, 1.165) is 34.5 Å². The Morgan fingerprint density at radius 3 is 2.28 bits per heavy atom. The molecule has 0 unspecified atom stereocenters. The topological polar surface area (TPSA) is 38.0 Å². The third-order valence-electron chi connectivity index (χ3n) is 4.46. The van der Waals surface area contributed by atoms with Gasteiger partial charge in [-0.25, -0.2) is 0 Å². The molecule has 29 heavy (non-hydrogen) atoms. The minimum Gasteiger partial charge on any atom is -1.00 e. The second kappa shape index (κ2) is 9.54. The number of hydrogen-bond acceptors (Lipinski definition) is 4. The first-order valence-corrected chi connectivity index (χ1v) is 9.92. The molecule has 4 nitrogen and oxygen atoms in total. The van der Waals surface area contributed by atoms with Gasteiger partial charge in [-0.15, -0.1) is 0 Å². The highest BCUT2D eigenvalue weighted by Gasteiger charge is 2.23. The first-order valence-electron chi connectivity index (χ1n) is 9.14. The number of nitrogens with one attached hydrogen (secondary N) is 1. The minimum atomic E-state index is 0. The van der Waals surface area contributed by atoms with Gasteiger partial charge in [0.2, 0.25) is 0 Å². The Morgan fingerprint density at radius 1 is 0.931 bits per heavy atom. The molecule has 0 fully saturated rings.